The third-order valence-electron chi connectivity index (χ3n) is 4.15. The van der Waals surface area contributed by atoms with E-state index in [1.165, 1.54) is 32.1 Å². The SMILES string of the molecule is CCCOC(=O)CCCCCCCC=CCCCCCCCC(=O)O. The zero-order chi connectivity index (χ0) is 18.6. The van der Waals surface area contributed by atoms with E-state index in [9.17, 15) is 9.59 Å². The standard InChI is InChI=1S/C21H38O4/c1-2-19-25-21(24)18-16-14-12-10-8-6-4-3-5-7-9-11-13-15-17-20(22)23/h3-4H,2,5-19H2,1H3,(H,22,23). The molecule has 0 radical (unpaired) electrons. The number of aliphatic carboxylic acids is 1. The average Bonchev–Trinajstić information content (AvgIpc) is 2.59. The van der Waals surface area contributed by atoms with E-state index in [-0.39, 0.29) is 5.97 Å². The molecule has 1 N–H and O–H groups in total. The number of carboxylic acids is 1. The largest absolute Gasteiger partial charge is 0.481 e. The Labute approximate surface area is 154 Å². The Morgan fingerprint density at radius 2 is 1.24 bits per heavy atom. The molecule has 0 heterocycles. The summed E-state index contributed by atoms with van der Waals surface area (Å²) >= 11 is 0. The summed E-state index contributed by atoms with van der Waals surface area (Å²) in [4.78, 5) is 21.7. The zero-order valence-electron chi connectivity index (χ0n) is 16.1. The molecule has 0 aromatic carbocycles. The van der Waals surface area contributed by atoms with Crippen molar-refractivity contribution < 1.29 is 19.4 Å². The van der Waals surface area contributed by atoms with Crippen molar-refractivity contribution in [2.45, 2.75) is 103 Å². The molecule has 0 saturated carbocycles. The molecular weight excluding hydrogens is 316 g/mol. The smallest absolute Gasteiger partial charge is 0.305 e. The second kappa shape index (κ2) is 19.0. The van der Waals surface area contributed by atoms with Gasteiger partial charge in [0.2, 0.25) is 0 Å². The molecule has 0 atom stereocenters. The maximum atomic E-state index is 11.3. The number of hydrogen-bond donors (Lipinski definition) is 1. The van der Waals surface area contributed by atoms with E-state index in [0.29, 0.717) is 19.4 Å². The number of ether oxygens (including phenoxy) is 1. The van der Waals surface area contributed by atoms with Gasteiger partial charge in [-0.05, 0) is 44.9 Å². The van der Waals surface area contributed by atoms with Gasteiger partial charge in [-0.3, -0.25) is 9.59 Å². The third kappa shape index (κ3) is 20.6. The fraction of sp³-hybridized carbons (Fsp3) is 0.810. The Balaban J connectivity index is 3.18. The van der Waals surface area contributed by atoms with Crippen LogP contribution in [0.1, 0.15) is 103 Å². The molecule has 0 saturated heterocycles. The molecule has 4 heteroatoms. The highest BCUT2D eigenvalue weighted by Crippen LogP contribution is 2.10. The summed E-state index contributed by atoms with van der Waals surface area (Å²) in [5.74, 6) is -0.732. The maximum Gasteiger partial charge on any atom is 0.305 e. The second-order valence-corrected chi connectivity index (χ2v) is 6.70. The van der Waals surface area contributed by atoms with Crippen LogP contribution in [0.3, 0.4) is 0 Å². The Kier molecular flexibility index (Phi) is 18.0. The fourth-order valence-electron chi connectivity index (χ4n) is 2.65. The van der Waals surface area contributed by atoms with Gasteiger partial charge in [-0.25, -0.2) is 0 Å². The molecule has 0 spiro atoms. The van der Waals surface area contributed by atoms with Gasteiger partial charge < -0.3 is 9.84 Å². The molecule has 0 amide bonds. The molecule has 0 unspecified atom stereocenters. The van der Waals surface area contributed by atoms with Crippen molar-refractivity contribution in [3.8, 4) is 0 Å². The molecule has 0 aliphatic carbocycles. The van der Waals surface area contributed by atoms with Crippen LogP contribution in [0, 0.1) is 0 Å². The fourth-order valence-corrected chi connectivity index (χ4v) is 2.65. The van der Waals surface area contributed by atoms with Gasteiger partial charge in [0.15, 0.2) is 0 Å². The lowest BCUT2D eigenvalue weighted by Gasteiger charge is -2.03. The lowest BCUT2D eigenvalue weighted by Crippen LogP contribution is -2.04. The number of carbonyl (C=O) groups is 2. The van der Waals surface area contributed by atoms with Crippen LogP contribution >= 0.6 is 0 Å². The second-order valence-electron chi connectivity index (χ2n) is 6.70. The summed E-state index contributed by atoms with van der Waals surface area (Å²) in [6.45, 7) is 2.56. The van der Waals surface area contributed by atoms with E-state index in [2.05, 4.69) is 12.2 Å². The first-order chi connectivity index (χ1) is 12.2. The Morgan fingerprint density at radius 1 is 0.760 bits per heavy atom. The molecule has 25 heavy (non-hydrogen) atoms. The van der Waals surface area contributed by atoms with Gasteiger partial charge in [-0.1, -0.05) is 57.6 Å². The van der Waals surface area contributed by atoms with Crippen LogP contribution in [0.2, 0.25) is 0 Å². The van der Waals surface area contributed by atoms with E-state index in [4.69, 9.17) is 9.84 Å². The third-order valence-corrected chi connectivity index (χ3v) is 4.15. The first-order valence-electron chi connectivity index (χ1n) is 10.2. The monoisotopic (exact) mass is 354 g/mol. The lowest BCUT2D eigenvalue weighted by molar-refractivity contribution is -0.143. The van der Waals surface area contributed by atoms with Crippen LogP contribution in [0.4, 0.5) is 0 Å². The average molecular weight is 355 g/mol. The summed E-state index contributed by atoms with van der Waals surface area (Å²) in [5.41, 5.74) is 0. The number of carboxylic acid groups (broad SMARTS) is 1. The van der Waals surface area contributed by atoms with Crippen LogP contribution in [-0.4, -0.2) is 23.7 Å². The quantitative estimate of drug-likeness (QED) is 0.185. The van der Waals surface area contributed by atoms with Gasteiger partial charge in [0.25, 0.3) is 0 Å². The zero-order valence-corrected chi connectivity index (χ0v) is 16.1. The van der Waals surface area contributed by atoms with Gasteiger partial charge in [-0.2, -0.15) is 0 Å². The van der Waals surface area contributed by atoms with Crippen molar-refractivity contribution in [1.82, 2.24) is 0 Å². The topological polar surface area (TPSA) is 63.6 Å². The number of allylic oxidation sites excluding steroid dienone is 2. The van der Waals surface area contributed by atoms with Gasteiger partial charge in [0.05, 0.1) is 6.61 Å². The predicted molar refractivity (Wildman–Crippen MR) is 103 cm³/mol. The normalized spacial score (nSPS) is 11.1. The Hall–Kier alpha value is -1.32. The molecule has 0 aliphatic rings. The highest BCUT2D eigenvalue weighted by Gasteiger charge is 2.01. The molecule has 0 bridgehead atoms. The minimum Gasteiger partial charge on any atom is -0.481 e. The molecule has 146 valence electrons. The number of rotatable bonds is 18. The molecule has 0 aromatic rings. The summed E-state index contributed by atoms with van der Waals surface area (Å²) < 4.78 is 5.05. The predicted octanol–water partition coefficient (Wildman–Crippen LogP) is 6.04. The van der Waals surface area contributed by atoms with Gasteiger partial charge in [-0.15, -0.1) is 0 Å². The molecular formula is C21H38O4. The molecule has 4 nitrogen and oxygen atoms in total. The number of esters is 1. The van der Waals surface area contributed by atoms with Crippen molar-refractivity contribution in [3.63, 3.8) is 0 Å². The molecule has 0 aliphatic heterocycles. The molecule has 0 fully saturated rings. The Bertz CT molecular complexity index is 350. The van der Waals surface area contributed by atoms with E-state index in [1.54, 1.807) is 0 Å². The minimum absolute atomic E-state index is 0.0494. The summed E-state index contributed by atoms with van der Waals surface area (Å²) in [6.07, 6.45) is 19.7. The van der Waals surface area contributed by atoms with Gasteiger partial charge >= 0.3 is 11.9 Å². The van der Waals surface area contributed by atoms with E-state index < -0.39 is 5.97 Å². The van der Waals surface area contributed by atoms with Gasteiger partial charge in [0.1, 0.15) is 0 Å². The summed E-state index contributed by atoms with van der Waals surface area (Å²) in [5, 5.41) is 8.54. The van der Waals surface area contributed by atoms with Crippen LogP contribution in [-0.2, 0) is 14.3 Å². The van der Waals surface area contributed by atoms with Crippen LogP contribution in [0.5, 0.6) is 0 Å². The van der Waals surface area contributed by atoms with E-state index in [0.717, 1.165) is 51.4 Å². The number of carbonyl (C=O) groups excluding carboxylic acids is 1. The van der Waals surface area contributed by atoms with Crippen molar-refractivity contribution >= 4 is 11.9 Å². The molecule has 0 aromatic heterocycles. The van der Waals surface area contributed by atoms with Crippen molar-refractivity contribution in [2.75, 3.05) is 6.61 Å². The first-order valence-corrected chi connectivity index (χ1v) is 10.2. The number of unbranched alkanes of at least 4 members (excludes halogenated alkanes) is 10. The van der Waals surface area contributed by atoms with Crippen LogP contribution in [0.25, 0.3) is 0 Å². The highest BCUT2D eigenvalue weighted by atomic mass is 16.5. The lowest BCUT2D eigenvalue weighted by atomic mass is 10.1. The first kappa shape index (κ1) is 23.7. The van der Waals surface area contributed by atoms with Crippen molar-refractivity contribution in [3.05, 3.63) is 12.2 Å². The van der Waals surface area contributed by atoms with Crippen molar-refractivity contribution in [2.24, 2.45) is 0 Å². The number of hydrogen-bond acceptors (Lipinski definition) is 3. The minimum atomic E-state index is -0.683. The summed E-state index contributed by atoms with van der Waals surface area (Å²) in [6, 6.07) is 0. The highest BCUT2D eigenvalue weighted by molar-refractivity contribution is 5.69. The van der Waals surface area contributed by atoms with Crippen LogP contribution in [0.15, 0.2) is 12.2 Å². The van der Waals surface area contributed by atoms with Crippen molar-refractivity contribution in [1.29, 1.82) is 0 Å². The Morgan fingerprint density at radius 3 is 1.76 bits per heavy atom. The van der Waals surface area contributed by atoms with Crippen LogP contribution < -0.4 is 0 Å². The van der Waals surface area contributed by atoms with Gasteiger partial charge in [0, 0.05) is 12.8 Å². The maximum absolute atomic E-state index is 11.3. The van der Waals surface area contributed by atoms with E-state index >= 15 is 0 Å². The van der Waals surface area contributed by atoms with E-state index in [1.807, 2.05) is 6.92 Å². The summed E-state index contributed by atoms with van der Waals surface area (Å²) in [7, 11) is 0. The molecule has 0 rings (SSSR count).